The zero-order chi connectivity index (χ0) is 27.0. The Kier molecular flexibility index (Phi) is 5.55. The molecule has 0 saturated carbocycles. The number of thiazole rings is 1. The van der Waals surface area contributed by atoms with Crippen molar-refractivity contribution in [1.29, 1.82) is 0 Å². The molecule has 2 aliphatic heterocycles. The Bertz CT molecular complexity index is 1620. The maximum atomic E-state index is 13.0. The number of carboxylic acids is 1. The third-order valence-electron chi connectivity index (χ3n) is 7.05. The Hall–Kier alpha value is -3.62. The highest BCUT2D eigenvalue weighted by Gasteiger charge is 2.66. The van der Waals surface area contributed by atoms with Crippen LogP contribution in [0.2, 0.25) is 0 Å². The molecule has 1 saturated heterocycles. The fourth-order valence-corrected chi connectivity index (χ4v) is 7.55. The molecule has 14 heteroatoms. The zero-order valence-electron chi connectivity index (χ0n) is 19.9. The van der Waals surface area contributed by atoms with Gasteiger partial charge in [-0.25, -0.2) is 18.2 Å². The lowest BCUT2D eigenvalue weighted by atomic mass is 9.64. The first-order valence-corrected chi connectivity index (χ1v) is 13.9. The fourth-order valence-electron chi connectivity index (χ4n) is 5.58. The monoisotopic (exact) mass is 546 g/mol. The molecule has 12 nitrogen and oxygen atoms in total. The molecule has 4 heterocycles. The molecule has 3 aromatic rings. The van der Waals surface area contributed by atoms with Gasteiger partial charge in [0.05, 0.1) is 34.1 Å². The number of aliphatic hydroxyl groups excluding tert-OH is 1. The first kappa shape index (κ1) is 25.0. The highest BCUT2D eigenvalue weighted by atomic mass is 32.2. The highest BCUT2D eigenvalue weighted by Crippen LogP contribution is 2.59. The van der Waals surface area contributed by atoms with Gasteiger partial charge >= 0.3 is 5.97 Å². The van der Waals surface area contributed by atoms with Crippen molar-refractivity contribution in [2.45, 2.75) is 37.6 Å². The summed E-state index contributed by atoms with van der Waals surface area (Å²) in [5, 5.41) is 31.5. The van der Waals surface area contributed by atoms with Gasteiger partial charge in [-0.3, -0.25) is 19.3 Å². The Morgan fingerprint density at radius 1 is 1.32 bits per heavy atom. The third-order valence-corrected chi connectivity index (χ3v) is 9.06. The third kappa shape index (κ3) is 3.66. The SMILES string of the molecule is C[C@@H](O)[C@H]1C(=O)N2C(C(=O)O)=C(c3cn4c(S(C)(=O)=O)ncc4s3)[C@](C)(Cc3ccc([N+](=O)[O-])cc3)[C@@H]12. The minimum absolute atomic E-state index is 0.0983. The molecule has 2 aliphatic rings. The van der Waals surface area contributed by atoms with Crippen LogP contribution in [-0.2, 0) is 25.8 Å². The summed E-state index contributed by atoms with van der Waals surface area (Å²) in [6.45, 7) is 3.27. The van der Waals surface area contributed by atoms with E-state index in [1.54, 1.807) is 19.1 Å². The van der Waals surface area contributed by atoms with Crippen molar-refractivity contribution in [2.24, 2.45) is 11.3 Å². The number of amides is 1. The number of nitro groups is 1. The number of rotatable bonds is 7. The second-order valence-electron chi connectivity index (χ2n) is 9.58. The van der Waals surface area contributed by atoms with E-state index in [1.807, 2.05) is 0 Å². The largest absolute Gasteiger partial charge is 0.477 e. The number of imidazole rings is 1. The molecule has 1 amide bonds. The van der Waals surface area contributed by atoms with Gasteiger partial charge in [-0.2, -0.15) is 0 Å². The zero-order valence-corrected chi connectivity index (χ0v) is 21.5. The lowest BCUT2D eigenvalue weighted by molar-refractivity contribution is -0.384. The number of nitro benzene ring substituents is 1. The molecule has 194 valence electrons. The number of β-lactam (4-membered cyclic amide) rings is 1. The summed E-state index contributed by atoms with van der Waals surface area (Å²) < 4.78 is 25.8. The van der Waals surface area contributed by atoms with Crippen LogP contribution in [-0.4, -0.2) is 68.1 Å². The Balaban J connectivity index is 1.72. The smallest absolute Gasteiger partial charge is 0.352 e. The molecule has 0 bridgehead atoms. The number of sulfone groups is 1. The van der Waals surface area contributed by atoms with Gasteiger partial charge in [-0.05, 0) is 18.9 Å². The minimum atomic E-state index is -3.68. The molecule has 2 N–H and O–H groups in total. The summed E-state index contributed by atoms with van der Waals surface area (Å²) in [6.07, 6.45) is 3.07. The summed E-state index contributed by atoms with van der Waals surface area (Å²) in [5.41, 5.74) is -0.356. The Labute approximate surface area is 214 Å². The van der Waals surface area contributed by atoms with E-state index in [4.69, 9.17) is 0 Å². The summed E-state index contributed by atoms with van der Waals surface area (Å²) in [6, 6.07) is 5.17. The van der Waals surface area contributed by atoms with E-state index in [0.29, 0.717) is 20.8 Å². The van der Waals surface area contributed by atoms with Gasteiger partial charge in [0.2, 0.25) is 20.9 Å². The summed E-state index contributed by atoms with van der Waals surface area (Å²) in [4.78, 5) is 42.2. The molecule has 2 aromatic heterocycles. The number of carbonyl (C=O) groups is 2. The fraction of sp³-hybridized carbons (Fsp3) is 0.348. The number of hydrogen-bond acceptors (Lipinski definition) is 9. The average Bonchev–Trinajstić information content (AvgIpc) is 3.42. The topological polar surface area (TPSA) is 172 Å². The quantitative estimate of drug-likeness (QED) is 0.255. The van der Waals surface area contributed by atoms with Crippen molar-refractivity contribution >= 4 is 49.1 Å². The van der Waals surface area contributed by atoms with E-state index in [1.165, 1.54) is 40.8 Å². The number of benzene rings is 1. The minimum Gasteiger partial charge on any atom is -0.477 e. The lowest BCUT2D eigenvalue weighted by Gasteiger charge is -2.51. The van der Waals surface area contributed by atoms with Crippen LogP contribution in [0.25, 0.3) is 10.4 Å². The van der Waals surface area contributed by atoms with E-state index >= 15 is 0 Å². The van der Waals surface area contributed by atoms with Crippen LogP contribution in [0.4, 0.5) is 5.69 Å². The average molecular weight is 547 g/mol. The van der Waals surface area contributed by atoms with Crippen molar-refractivity contribution < 1.29 is 33.1 Å². The van der Waals surface area contributed by atoms with Crippen LogP contribution >= 0.6 is 11.3 Å². The predicted octanol–water partition coefficient (Wildman–Crippen LogP) is 1.97. The number of carboxylic acid groups (broad SMARTS) is 1. The number of aliphatic hydroxyl groups is 1. The highest BCUT2D eigenvalue weighted by molar-refractivity contribution is 7.90. The molecule has 1 aromatic carbocycles. The molecule has 0 radical (unpaired) electrons. The molecule has 0 aliphatic carbocycles. The summed E-state index contributed by atoms with van der Waals surface area (Å²) >= 11 is 1.14. The van der Waals surface area contributed by atoms with Gasteiger partial charge in [-0.1, -0.05) is 19.1 Å². The van der Waals surface area contributed by atoms with E-state index in [-0.39, 0.29) is 23.0 Å². The van der Waals surface area contributed by atoms with Crippen molar-refractivity contribution in [3.63, 3.8) is 0 Å². The van der Waals surface area contributed by atoms with Crippen molar-refractivity contribution in [2.75, 3.05) is 6.26 Å². The number of aromatic nitrogens is 2. The molecule has 37 heavy (non-hydrogen) atoms. The van der Waals surface area contributed by atoms with Crippen LogP contribution < -0.4 is 0 Å². The second kappa shape index (κ2) is 8.19. The number of non-ortho nitro benzene ring substituents is 1. The van der Waals surface area contributed by atoms with Gasteiger partial charge in [-0.15, -0.1) is 11.3 Å². The van der Waals surface area contributed by atoms with E-state index in [9.17, 15) is 38.3 Å². The van der Waals surface area contributed by atoms with E-state index in [0.717, 1.165) is 17.6 Å². The van der Waals surface area contributed by atoms with Crippen LogP contribution in [0.5, 0.6) is 0 Å². The number of aliphatic carboxylic acids is 1. The first-order chi connectivity index (χ1) is 17.3. The molecular formula is C23H22N4O8S2. The van der Waals surface area contributed by atoms with Crippen LogP contribution in [0.3, 0.4) is 0 Å². The van der Waals surface area contributed by atoms with Gasteiger partial charge in [0.1, 0.15) is 10.5 Å². The van der Waals surface area contributed by atoms with Gasteiger partial charge in [0.25, 0.3) is 5.69 Å². The number of carbonyl (C=O) groups excluding carboxylic acids is 1. The summed E-state index contributed by atoms with van der Waals surface area (Å²) in [5.74, 6) is -2.69. The predicted molar refractivity (Wildman–Crippen MR) is 131 cm³/mol. The Morgan fingerprint density at radius 3 is 2.51 bits per heavy atom. The molecular weight excluding hydrogens is 524 g/mol. The lowest BCUT2D eigenvalue weighted by Crippen LogP contribution is -2.66. The standard InChI is InChI=1S/C23H22N4O8S2/c1-11(28)16-19-23(2,8-12-4-6-13(7-5-12)27(32)33)17(18(21(30)31)26(19)20(16)29)14-10-25-15(36-14)9-24-22(25)37(3,34)35/h4-7,9-11,16,19,28H,8H2,1-3H3,(H,30,31)/t11-,16-,19-,23+/m1/s1. The maximum Gasteiger partial charge on any atom is 0.352 e. The number of fused-ring (bicyclic) bond motifs is 2. The number of hydrogen-bond donors (Lipinski definition) is 2. The van der Waals surface area contributed by atoms with Gasteiger partial charge in [0, 0.05) is 35.6 Å². The van der Waals surface area contributed by atoms with Crippen molar-refractivity contribution in [3.05, 3.63) is 62.9 Å². The van der Waals surface area contributed by atoms with Crippen molar-refractivity contribution in [3.8, 4) is 0 Å². The molecule has 0 spiro atoms. The van der Waals surface area contributed by atoms with Gasteiger partial charge < -0.3 is 15.1 Å². The van der Waals surface area contributed by atoms with Gasteiger partial charge in [0.15, 0.2) is 0 Å². The molecule has 0 unspecified atom stereocenters. The van der Waals surface area contributed by atoms with Crippen LogP contribution in [0.15, 0.2) is 47.5 Å². The maximum absolute atomic E-state index is 13.0. The normalized spacial score (nSPS) is 24.3. The summed E-state index contributed by atoms with van der Waals surface area (Å²) in [7, 11) is -3.68. The van der Waals surface area contributed by atoms with Crippen molar-refractivity contribution in [1.82, 2.24) is 14.3 Å². The van der Waals surface area contributed by atoms with E-state index in [2.05, 4.69) is 4.98 Å². The van der Waals surface area contributed by atoms with Crippen LogP contribution in [0, 0.1) is 21.4 Å². The Morgan fingerprint density at radius 2 is 1.97 bits per heavy atom. The van der Waals surface area contributed by atoms with Crippen LogP contribution in [0.1, 0.15) is 24.3 Å². The molecule has 4 atom stereocenters. The number of nitrogens with zero attached hydrogens (tertiary/aromatic N) is 4. The molecule has 1 fully saturated rings. The second-order valence-corrected chi connectivity index (χ2v) is 12.6. The molecule has 5 rings (SSSR count). The van der Waals surface area contributed by atoms with E-state index < -0.39 is 50.1 Å². The first-order valence-electron chi connectivity index (χ1n) is 11.2.